The number of carbonyl (C=O) groups excluding carboxylic acids is 1. The van der Waals surface area contributed by atoms with Gasteiger partial charge >= 0.3 is 5.97 Å². The number of carbonyl (C=O) groups is 1. The second-order valence-corrected chi connectivity index (χ2v) is 3.30. The van der Waals surface area contributed by atoms with E-state index in [2.05, 4.69) is 0 Å². The fraction of sp³-hybridized carbons (Fsp3) is 0.231. The summed E-state index contributed by atoms with van der Waals surface area (Å²) >= 11 is 0. The van der Waals surface area contributed by atoms with E-state index in [1.807, 2.05) is 37.3 Å². The van der Waals surface area contributed by atoms with E-state index in [-0.39, 0.29) is 12.2 Å². The Bertz CT molecular complexity index is 438. The SMILES string of the molecule is CCOC(=O)/C(C#N)=C/c1ccc(C)cc1. The van der Waals surface area contributed by atoms with Crippen LogP contribution in [0.4, 0.5) is 0 Å². The van der Waals surface area contributed by atoms with Crippen LogP contribution in [-0.2, 0) is 9.53 Å². The van der Waals surface area contributed by atoms with E-state index < -0.39 is 5.97 Å². The average Bonchev–Trinajstić information content (AvgIpc) is 2.28. The molecule has 0 aliphatic carbocycles. The second kappa shape index (κ2) is 5.72. The Balaban J connectivity index is 2.92. The number of nitriles is 1. The first-order valence-corrected chi connectivity index (χ1v) is 5.03. The quantitative estimate of drug-likeness (QED) is 0.442. The van der Waals surface area contributed by atoms with E-state index >= 15 is 0 Å². The van der Waals surface area contributed by atoms with Gasteiger partial charge in [0.2, 0.25) is 0 Å². The molecule has 1 rings (SSSR count). The minimum absolute atomic E-state index is 0.0192. The third kappa shape index (κ3) is 3.25. The third-order valence-electron chi connectivity index (χ3n) is 2.00. The van der Waals surface area contributed by atoms with Crippen LogP contribution in [0.3, 0.4) is 0 Å². The molecule has 0 amide bonds. The van der Waals surface area contributed by atoms with Gasteiger partial charge in [-0.1, -0.05) is 29.8 Å². The fourth-order valence-corrected chi connectivity index (χ4v) is 1.18. The van der Waals surface area contributed by atoms with Crippen LogP contribution >= 0.6 is 0 Å². The summed E-state index contributed by atoms with van der Waals surface area (Å²) in [6.45, 7) is 3.95. The van der Waals surface area contributed by atoms with Gasteiger partial charge in [0.25, 0.3) is 0 Å². The molecule has 0 unspecified atom stereocenters. The van der Waals surface area contributed by atoms with Crippen molar-refractivity contribution in [1.29, 1.82) is 5.26 Å². The first-order chi connectivity index (χ1) is 7.67. The van der Waals surface area contributed by atoms with Crippen LogP contribution in [0.2, 0.25) is 0 Å². The van der Waals surface area contributed by atoms with Gasteiger partial charge in [0, 0.05) is 0 Å². The lowest BCUT2D eigenvalue weighted by Gasteiger charge is -2.00. The molecule has 0 aromatic heterocycles. The summed E-state index contributed by atoms with van der Waals surface area (Å²) in [5.41, 5.74) is 1.97. The highest BCUT2D eigenvalue weighted by Gasteiger charge is 2.09. The van der Waals surface area contributed by atoms with Gasteiger partial charge in [-0.15, -0.1) is 0 Å². The normalized spacial score (nSPS) is 10.7. The topological polar surface area (TPSA) is 50.1 Å². The van der Waals surface area contributed by atoms with E-state index in [1.165, 1.54) is 6.08 Å². The molecule has 1 aromatic rings. The Kier molecular flexibility index (Phi) is 4.28. The van der Waals surface area contributed by atoms with Gasteiger partial charge in [-0.3, -0.25) is 0 Å². The lowest BCUT2D eigenvalue weighted by Crippen LogP contribution is -2.05. The fourth-order valence-electron chi connectivity index (χ4n) is 1.18. The number of nitrogens with zero attached hydrogens (tertiary/aromatic N) is 1. The molecular weight excluding hydrogens is 202 g/mol. The van der Waals surface area contributed by atoms with Crippen molar-refractivity contribution in [3.8, 4) is 6.07 Å². The van der Waals surface area contributed by atoms with Crippen LogP contribution in [0.25, 0.3) is 6.08 Å². The van der Waals surface area contributed by atoms with Gasteiger partial charge in [0.05, 0.1) is 6.61 Å². The van der Waals surface area contributed by atoms with Crippen molar-refractivity contribution >= 4 is 12.0 Å². The Morgan fingerprint density at radius 1 is 1.44 bits per heavy atom. The van der Waals surface area contributed by atoms with Crippen molar-refractivity contribution in [3.63, 3.8) is 0 Å². The van der Waals surface area contributed by atoms with Gasteiger partial charge < -0.3 is 4.74 Å². The zero-order chi connectivity index (χ0) is 12.0. The predicted octanol–water partition coefficient (Wildman–Crippen LogP) is 2.47. The number of aryl methyl sites for hydroxylation is 1. The number of ether oxygens (including phenoxy) is 1. The first-order valence-electron chi connectivity index (χ1n) is 5.03. The summed E-state index contributed by atoms with van der Waals surface area (Å²) in [6, 6.07) is 9.39. The third-order valence-corrected chi connectivity index (χ3v) is 2.00. The molecule has 3 heteroatoms. The number of benzene rings is 1. The number of hydrogen-bond donors (Lipinski definition) is 0. The zero-order valence-corrected chi connectivity index (χ0v) is 9.36. The van der Waals surface area contributed by atoms with Crippen molar-refractivity contribution in [3.05, 3.63) is 41.0 Å². The summed E-state index contributed by atoms with van der Waals surface area (Å²) in [7, 11) is 0. The molecule has 0 aliphatic rings. The number of esters is 1. The molecule has 0 spiro atoms. The molecule has 0 heterocycles. The van der Waals surface area contributed by atoms with E-state index in [0.717, 1.165) is 11.1 Å². The van der Waals surface area contributed by atoms with E-state index in [0.29, 0.717) is 0 Å². The minimum atomic E-state index is -0.578. The van der Waals surface area contributed by atoms with Crippen molar-refractivity contribution in [2.24, 2.45) is 0 Å². The Labute approximate surface area is 95.0 Å². The van der Waals surface area contributed by atoms with Gasteiger partial charge in [-0.25, -0.2) is 4.79 Å². The summed E-state index contributed by atoms with van der Waals surface area (Å²) in [6.07, 6.45) is 1.53. The lowest BCUT2D eigenvalue weighted by molar-refractivity contribution is -0.137. The molecule has 0 radical (unpaired) electrons. The molecule has 0 saturated heterocycles. The smallest absolute Gasteiger partial charge is 0.348 e. The van der Waals surface area contributed by atoms with E-state index in [4.69, 9.17) is 10.00 Å². The van der Waals surface area contributed by atoms with Gasteiger partial charge in [-0.2, -0.15) is 5.26 Å². The molecule has 0 bridgehead atoms. The maximum Gasteiger partial charge on any atom is 0.348 e. The standard InChI is InChI=1S/C13H13NO2/c1-3-16-13(15)12(9-14)8-11-6-4-10(2)5-7-11/h4-8H,3H2,1-2H3/b12-8+. The van der Waals surface area contributed by atoms with Gasteiger partial charge in [0.15, 0.2) is 0 Å². The van der Waals surface area contributed by atoms with Gasteiger partial charge in [-0.05, 0) is 25.5 Å². The van der Waals surface area contributed by atoms with Crippen molar-refractivity contribution < 1.29 is 9.53 Å². The highest BCUT2D eigenvalue weighted by Crippen LogP contribution is 2.09. The van der Waals surface area contributed by atoms with E-state index in [1.54, 1.807) is 6.92 Å². The molecular formula is C13H13NO2. The molecule has 0 atom stereocenters. The molecule has 0 aliphatic heterocycles. The van der Waals surface area contributed by atoms with Crippen LogP contribution < -0.4 is 0 Å². The van der Waals surface area contributed by atoms with Crippen LogP contribution in [0.5, 0.6) is 0 Å². The van der Waals surface area contributed by atoms with Crippen LogP contribution in [0.15, 0.2) is 29.8 Å². The molecule has 16 heavy (non-hydrogen) atoms. The van der Waals surface area contributed by atoms with Crippen LogP contribution in [0.1, 0.15) is 18.1 Å². The molecule has 0 fully saturated rings. The van der Waals surface area contributed by atoms with E-state index in [9.17, 15) is 4.79 Å². The molecule has 3 nitrogen and oxygen atoms in total. The van der Waals surface area contributed by atoms with Crippen LogP contribution in [0, 0.1) is 18.3 Å². The van der Waals surface area contributed by atoms with Crippen molar-refractivity contribution in [1.82, 2.24) is 0 Å². The summed E-state index contributed by atoms with van der Waals surface area (Å²) in [4.78, 5) is 11.3. The Morgan fingerprint density at radius 3 is 2.56 bits per heavy atom. The summed E-state index contributed by atoms with van der Waals surface area (Å²) in [5, 5.41) is 8.82. The zero-order valence-electron chi connectivity index (χ0n) is 9.36. The minimum Gasteiger partial charge on any atom is -0.462 e. The molecule has 0 N–H and O–H groups in total. The highest BCUT2D eigenvalue weighted by molar-refractivity contribution is 5.97. The first kappa shape index (κ1) is 12.0. The van der Waals surface area contributed by atoms with Crippen molar-refractivity contribution in [2.45, 2.75) is 13.8 Å². The average molecular weight is 215 g/mol. The second-order valence-electron chi connectivity index (χ2n) is 3.30. The molecule has 82 valence electrons. The number of rotatable bonds is 3. The van der Waals surface area contributed by atoms with Crippen LogP contribution in [-0.4, -0.2) is 12.6 Å². The maximum absolute atomic E-state index is 11.3. The highest BCUT2D eigenvalue weighted by atomic mass is 16.5. The Morgan fingerprint density at radius 2 is 2.06 bits per heavy atom. The van der Waals surface area contributed by atoms with Crippen molar-refractivity contribution in [2.75, 3.05) is 6.61 Å². The van der Waals surface area contributed by atoms with Gasteiger partial charge in [0.1, 0.15) is 11.6 Å². The summed E-state index contributed by atoms with van der Waals surface area (Å²) < 4.78 is 4.76. The molecule has 1 aromatic carbocycles. The maximum atomic E-state index is 11.3. The lowest BCUT2D eigenvalue weighted by atomic mass is 10.1. The summed E-state index contributed by atoms with van der Waals surface area (Å²) in [5.74, 6) is -0.578. The largest absolute Gasteiger partial charge is 0.462 e. The monoisotopic (exact) mass is 215 g/mol. The predicted molar refractivity (Wildman–Crippen MR) is 61.4 cm³/mol. The molecule has 0 saturated carbocycles. The Hall–Kier alpha value is -2.08. The number of hydrogen-bond acceptors (Lipinski definition) is 3.